The Morgan fingerprint density at radius 1 is 0.818 bits per heavy atom. The van der Waals surface area contributed by atoms with E-state index in [1.54, 1.807) is 21.3 Å². The molecule has 230 valence electrons. The molecule has 1 fully saturated rings. The van der Waals surface area contributed by atoms with Gasteiger partial charge in [-0.3, -0.25) is 9.79 Å². The minimum absolute atomic E-state index is 0.0194. The number of hydrogen-bond donors (Lipinski definition) is 0. The number of carbonyl (C=O) groups excluding carboxylic acids is 2. The zero-order valence-electron chi connectivity index (χ0n) is 25.9. The number of fused-ring (bicyclic) bond motifs is 1. The van der Waals surface area contributed by atoms with E-state index in [4.69, 9.17) is 28.7 Å². The molecule has 0 bridgehead atoms. The number of rotatable bonds is 11. The Kier molecular flexibility index (Phi) is 9.68. The maximum Gasteiger partial charge on any atom is 0.336 e. The van der Waals surface area contributed by atoms with Crippen LogP contribution in [0.1, 0.15) is 61.6 Å². The number of ether oxygens (including phenoxy) is 5. The van der Waals surface area contributed by atoms with E-state index in [0.717, 1.165) is 28.8 Å². The van der Waals surface area contributed by atoms with Crippen molar-refractivity contribution in [3.63, 3.8) is 0 Å². The summed E-state index contributed by atoms with van der Waals surface area (Å²) in [6, 6.07) is 20.9. The zero-order chi connectivity index (χ0) is 31.2. The summed E-state index contributed by atoms with van der Waals surface area (Å²) in [5.41, 5.74) is 4.31. The molecule has 3 aromatic rings. The molecule has 1 saturated carbocycles. The topological polar surface area (TPSA) is 92.7 Å². The number of allylic oxidation sites excluding steroid dienone is 1. The van der Waals surface area contributed by atoms with Crippen LogP contribution in [0.25, 0.3) is 0 Å². The molecule has 1 aliphatic heterocycles. The lowest BCUT2D eigenvalue weighted by Crippen LogP contribution is -2.41. The molecular weight excluding hydrogens is 558 g/mol. The average molecular weight is 598 g/mol. The second-order valence-corrected chi connectivity index (χ2v) is 11.1. The van der Waals surface area contributed by atoms with Crippen molar-refractivity contribution in [1.82, 2.24) is 0 Å². The van der Waals surface area contributed by atoms with Crippen molar-refractivity contribution in [1.29, 1.82) is 0 Å². The first-order chi connectivity index (χ1) is 21.4. The highest BCUT2D eigenvalue weighted by atomic mass is 16.5. The normalized spacial score (nSPS) is 19.5. The van der Waals surface area contributed by atoms with Crippen molar-refractivity contribution >= 4 is 17.5 Å². The molecule has 5 rings (SSSR count). The van der Waals surface area contributed by atoms with E-state index in [1.807, 2.05) is 80.6 Å². The Balaban J connectivity index is 1.54. The molecular formula is C36H39NO7. The van der Waals surface area contributed by atoms with Gasteiger partial charge in [0.25, 0.3) is 0 Å². The van der Waals surface area contributed by atoms with Gasteiger partial charge in [-0.2, -0.15) is 0 Å². The second kappa shape index (κ2) is 13.8. The van der Waals surface area contributed by atoms with Crippen LogP contribution < -0.4 is 18.9 Å². The van der Waals surface area contributed by atoms with Gasteiger partial charge in [0.1, 0.15) is 12.4 Å². The summed E-state index contributed by atoms with van der Waals surface area (Å²) in [4.78, 5) is 32.8. The fourth-order valence-electron chi connectivity index (χ4n) is 6.15. The Bertz CT molecular complexity index is 1580. The molecule has 1 heterocycles. The minimum atomic E-state index is -0.610. The minimum Gasteiger partial charge on any atom is -0.493 e. The molecule has 3 aromatic carbocycles. The monoisotopic (exact) mass is 597 g/mol. The van der Waals surface area contributed by atoms with Crippen molar-refractivity contribution in [2.24, 2.45) is 10.9 Å². The van der Waals surface area contributed by atoms with E-state index in [0.29, 0.717) is 53.7 Å². The molecule has 0 spiro atoms. The van der Waals surface area contributed by atoms with Gasteiger partial charge in [0.2, 0.25) is 0 Å². The summed E-state index contributed by atoms with van der Waals surface area (Å²) in [6.07, 6.45) is 1.72. The van der Waals surface area contributed by atoms with Crippen molar-refractivity contribution < 1.29 is 33.3 Å². The maximum absolute atomic E-state index is 14.1. The molecule has 0 amide bonds. The van der Waals surface area contributed by atoms with E-state index in [2.05, 4.69) is 0 Å². The number of ketones is 1. The molecule has 0 aromatic heterocycles. The van der Waals surface area contributed by atoms with Gasteiger partial charge < -0.3 is 23.7 Å². The Morgan fingerprint density at radius 2 is 1.48 bits per heavy atom. The van der Waals surface area contributed by atoms with Gasteiger partial charge >= 0.3 is 5.97 Å². The number of esters is 1. The molecule has 44 heavy (non-hydrogen) atoms. The summed E-state index contributed by atoms with van der Waals surface area (Å²) < 4.78 is 28.3. The van der Waals surface area contributed by atoms with Crippen molar-refractivity contribution in [2.45, 2.75) is 51.6 Å². The number of methoxy groups -OCH3 is 3. The quantitative estimate of drug-likeness (QED) is 0.224. The smallest absolute Gasteiger partial charge is 0.336 e. The predicted molar refractivity (Wildman–Crippen MR) is 168 cm³/mol. The third-order valence-corrected chi connectivity index (χ3v) is 8.27. The van der Waals surface area contributed by atoms with Crippen LogP contribution in [0.5, 0.6) is 23.0 Å². The molecule has 8 heteroatoms. The first-order valence-electron chi connectivity index (χ1n) is 14.9. The van der Waals surface area contributed by atoms with Gasteiger partial charge in [-0.15, -0.1) is 0 Å². The van der Waals surface area contributed by atoms with Crippen LogP contribution in [0.3, 0.4) is 0 Å². The van der Waals surface area contributed by atoms with E-state index in [1.165, 1.54) is 0 Å². The van der Waals surface area contributed by atoms with E-state index >= 15 is 0 Å². The fourth-order valence-corrected chi connectivity index (χ4v) is 6.15. The molecule has 8 nitrogen and oxygen atoms in total. The molecule has 0 saturated heterocycles. The standard InChI is InChI=1S/C36H39NO7/c1-6-16-43-30-15-13-25(20-32(30)42-5)34-33(36(39)44-21-23-10-8-7-9-11-23)22(2)37-27-17-26(18-28(38)35(27)34)24-12-14-29(40-3)31(19-24)41-4/h7-15,19-20,26,34-35H,6,16-18,21H2,1-5H3/t26-,34-,35?/m0/s1. The first kappa shape index (κ1) is 30.9. The average Bonchev–Trinajstić information content (AvgIpc) is 3.05. The number of hydrogen-bond acceptors (Lipinski definition) is 8. The van der Waals surface area contributed by atoms with Gasteiger partial charge in [-0.05, 0) is 66.6 Å². The van der Waals surface area contributed by atoms with Gasteiger partial charge in [0, 0.05) is 23.7 Å². The Labute approximate surface area is 258 Å². The van der Waals surface area contributed by atoms with Crippen molar-refractivity contribution in [3.8, 4) is 23.0 Å². The van der Waals surface area contributed by atoms with Crippen molar-refractivity contribution in [3.05, 3.63) is 94.7 Å². The summed E-state index contributed by atoms with van der Waals surface area (Å²) in [6.45, 7) is 4.52. The van der Waals surface area contributed by atoms with Gasteiger partial charge in [0.15, 0.2) is 23.0 Å². The van der Waals surface area contributed by atoms with Crippen LogP contribution in [0.4, 0.5) is 0 Å². The SMILES string of the molecule is CCCOc1ccc([C@H]2C(C(=O)OCc3ccccc3)=C(C)N=C3C[C@H](c4ccc(OC)c(OC)c4)CC(=O)C32)cc1OC. The Morgan fingerprint density at radius 3 is 2.18 bits per heavy atom. The second-order valence-electron chi connectivity index (χ2n) is 11.1. The van der Waals surface area contributed by atoms with Crippen LogP contribution in [0.15, 0.2) is 83.0 Å². The number of carbonyl (C=O) groups is 2. The highest BCUT2D eigenvalue weighted by Gasteiger charge is 2.46. The third-order valence-electron chi connectivity index (χ3n) is 8.27. The first-order valence-corrected chi connectivity index (χ1v) is 14.9. The number of aliphatic imine (C=N–C) groups is 1. The Hall–Kier alpha value is -4.59. The van der Waals surface area contributed by atoms with Crippen molar-refractivity contribution in [2.75, 3.05) is 27.9 Å². The van der Waals surface area contributed by atoms with Gasteiger partial charge in [0.05, 0.1) is 39.4 Å². The molecule has 2 aliphatic rings. The summed E-state index contributed by atoms with van der Waals surface area (Å²) >= 11 is 0. The lowest BCUT2D eigenvalue weighted by Gasteiger charge is -2.38. The van der Waals surface area contributed by atoms with Gasteiger partial charge in [-0.25, -0.2) is 4.79 Å². The molecule has 3 atom stereocenters. The van der Waals surface area contributed by atoms with E-state index in [-0.39, 0.29) is 18.3 Å². The number of benzene rings is 3. The van der Waals surface area contributed by atoms with Crippen LogP contribution in [0, 0.1) is 5.92 Å². The summed E-state index contributed by atoms with van der Waals surface area (Å²) in [5, 5.41) is 0. The van der Waals surface area contributed by atoms with Gasteiger partial charge in [-0.1, -0.05) is 49.4 Å². The number of nitrogens with zero attached hydrogens (tertiary/aromatic N) is 1. The molecule has 0 N–H and O–H groups in total. The largest absolute Gasteiger partial charge is 0.493 e. The van der Waals surface area contributed by atoms with Crippen LogP contribution >= 0.6 is 0 Å². The van der Waals surface area contributed by atoms with E-state index in [9.17, 15) is 9.59 Å². The number of Topliss-reactive ketones (excluding diaryl/α,β-unsaturated/α-hetero) is 1. The molecule has 0 radical (unpaired) electrons. The summed E-state index contributed by atoms with van der Waals surface area (Å²) in [5.74, 6) is 0.646. The summed E-state index contributed by atoms with van der Waals surface area (Å²) in [7, 11) is 4.78. The highest BCUT2D eigenvalue weighted by molar-refractivity contribution is 6.12. The van der Waals surface area contributed by atoms with E-state index < -0.39 is 17.8 Å². The highest BCUT2D eigenvalue weighted by Crippen LogP contribution is 2.48. The maximum atomic E-state index is 14.1. The molecule has 1 aliphatic carbocycles. The fraction of sp³-hybridized carbons (Fsp3) is 0.361. The lowest BCUT2D eigenvalue weighted by molar-refractivity contribution is -0.140. The zero-order valence-corrected chi connectivity index (χ0v) is 25.9. The predicted octanol–water partition coefficient (Wildman–Crippen LogP) is 6.82. The lowest BCUT2D eigenvalue weighted by atomic mass is 9.66. The third kappa shape index (κ3) is 6.34. The van der Waals surface area contributed by atoms with Crippen LogP contribution in [-0.4, -0.2) is 45.4 Å². The van der Waals surface area contributed by atoms with Crippen LogP contribution in [-0.2, 0) is 20.9 Å². The molecule has 1 unspecified atom stereocenters. The van der Waals surface area contributed by atoms with Crippen LogP contribution in [0.2, 0.25) is 0 Å².